The number of nitrogens with zero attached hydrogens (tertiary/aromatic N) is 2. The van der Waals surface area contributed by atoms with Crippen molar-refractivity contribution in [1.29, 1.82) is 0 Å². The third kappa shape index (κ3) is 5.65. The van der Waals surface area contributed by atoms with Crippen molar-refractivity contribution in [2.45, 2.75) is 0 Å². The highest BCUT2D eigenvalue weighted by atomic mass is 35.5. The van der Waals surface area contributed by atoms with Crippen molar-refractivity contribution in [3.8, 4) is 0 Å². The van der Waals surface area contributed by atoms with E-state index in [2.05, 4.69) is 15.5 Å². The van der Waals surface area contributed by atoms with E-state index in [9.17, 15) is 9.59 Å². The van der Waals surface area contributed by atoms with Gasteiger partial charge in [-0.1, -0.05) is 23.2 Å². The second kappa shape index (κ2) is 10.2. The van der Waals surface area contributed by atoms with Crippen LogP contribution in [0, 0.1) is 0 Å². The molecule has 3 aromatic rings. The smallest absolute Gasteiger partial charge is 0.289 e. The molecule has 1 fully saturated rings. The van der Waals surface area contributed by atoms with Gasteiger partial charge in [0, 0.05) is 42.5 Å². The normalized spacial score (nSPS) is 13.5. The molecule has 2 heterocycles. The number of hydrogen-bond donors (Lipinski definition) is 2. The molecule has 170 valence electrons. The van der Waals surface area contributed by atoms with Gasteiger partial charge < -0.3 is 19.5 Å². The van der Waals surface area contributed by atoms with Crippen LogP contribution in [0.25, 0.3) is 0 Å². The second-order valence-corrected chi connectivity index (χ2v) is 8.59. The number of carbonyl (C=O) groups excluding carboxylic acids is 2. The van der Waals surface area contributed by atoms with Crippen molar-refractivity contribution < 1.29 is 14.0 Å². The summed E-state index contributed by atoms with van der Waals surface area (Å²) < 4.78 is 5.20. The molecular weight excluding hydrogens is 483 g/mol. The van der Waals surface area contributed by atoms with E-state index in [-0.39, 0.29) is 16.9 Å². The quantitative estimate of drug-likeness (QED) is 0.504. The number of piperazine rings is 1. The van der Waals surface area contributed by atoms with Gasteiger partial charge in [-0.15, -0.1) is 0 Å². The molecule has 0 unspecified atom stereocenters. The van der Waals surface area contributed by atoms with Crippen LogP contribution in [0.3, 0.4) is 0 Å². The fourth-order valence-corrected chi connectivity index (χ4v) is 4.12. The maximum atomic E-state index is 12.4. The van der Waals surface area contributed by atoms with Gasteiger partial charge in [0.1, 0.15) is 0 Å². The van der Waals surface area contributed by atoms with Gasteiger partial charge in [-0.25, -0.2) is 0 Å². The highest BCUT2D eigenvalue weighted by Gasteiger charge is 2.24. The lowest BCUT2D eigenvalue weighted by molar-refractivity contribution is 0.0714. The van der Waals surface area contributed by atoms with E-state index >= 15 is 0 Å². The van der Waals surface area contributed by atoms with Crippen molar-refractivity contribution in [2.75, 3.05) is 36.4 Å². The van der Waals surface area contributed by atoms with Gasteiger partial charge in [-0.2, -0.15) is 0 Å². The van der Waals surface area contributed by atoms with E-state index in [1.807, 2.05) is 12.1 Å². The van der Waals surface area contributed by atoms with Gasteiger partial charge in [0.05, 0.1) is 17.0 Å². The highest BCUT2D eigenvalue weighted by molar-refractivity contribution is 7.80. The van der Waals surface area contributed by atoms with Crippen LogP contribution in [-0.2, 0) is 0 Å². The fourth-order valence-electron chi connectivity index (χ4n) is 3.49. The van der Waals surface area contributed by atoms with Crippen LogP contribution in [0.2, 0.25) is 10.0 Å². The van der Waals surface area contributed by atoms with Gasteiger partial charge in [0.2, 0.25) is 0 Å². The van der Waals surface area contributed by atoms with Gasteiger partial charge >= 0.3 is 0 Å². The molecular formula is C23H20Cl2N4O3S. The number of anilines is 2. The van der Waals surface area contributed by atoms with Crippen LogP contribution in [0.1, 0.15) is 20.9 Å². The van der Waals surface area contributed by atoms with Gasteiger partial charge in [-0.05, 0) is 66.8 Å². The van der Waals surface area contributed by atoms with Crippen molar-refractivity contribution in [1.82, 2.24) is 10.2 Å². The first kappa shape index (κ1) is 23.1. The van der Waals surface area contributed by atoms with Crippen molar-refractivity contribution >= 4 is 63.7 Å². The zero-order valence-corrected chi connectivity index (χ0v) is 19.7. The van der Waals surface area contributed by atoms with Crippen LogP contribution < -0.4 is 15.5 Å². The average Bonchev–Trinajstić information content (AvgIpc) is 3.34. The number of rotatable bonds is 4. The number of amides is 2. The summed E-state index contributed by atoms with van der Waals surface area (Å²) in [5.41, 5.74) is 1.96. The Balaban J connectivity index is 1.32. The van der Waals surface area contributed by atoms with Crippen LogP contribution in [0.5, 0.6) is 0 Å². The second-order valence-electron chi connectivity index (χ2n) is 7.34. The van der Waals surface area contributed by atoms with E-state index < -0.39 is 0 Å². The van der Waals surface area contributed by atoms with Gasteiger partial charge in [-0.3, -0.25) is 14.9 Å². The highest BCUT2D eigenvalue weighted by Crippen LogP contribution is 2.30. The summed E-state index contributed by atoms with van der Waals surface area (Å²) in [4.78, 5) is 28.6. The molecule has 0 radical (unpaired) electrons. The topological polar surface area (TPSA) is 77.8 Å². The van der Waals surface area contributed by atoms with E-state index in [1.165, 1.54) is 6.26 Å². The van der Waals surface area contributed by atoms with Crippen molar-refractivity contribution in [2.24, 2.45) is 0 Å². The molecule has 10 heteroatoms. The Bertz CT molecular complexity index is 1160. The average molecular weight is 503 g/mol. The first-order valence-electron chi connectivity index (χ1n) is 10.2. The SMILES string of the molecule is O=C(NC(=S)Nc1ccc(N2CCN(C(=O)c3ccco3)CC2)c(Cl)c1)c1ccc(Cl)cc1. The summed E-state index contributed by atoms with van der Waals surface area (Å²) in [6, 6.07) is 15.4. The molecule has 4 rings (SSSR count). The van der Waals surface area contributed by atoms with E-state index in [4.69, 9.17) is 39.8 Å². The Morgan fingerprint density at radius 2 is 1.70 bits per heavy atom. The summed E-state index contributed by atoms with van der Waals surface area (Å²) in [6.07, 6.45) is 1.49. The molecule has 0 spiro atoms. The van der Waals surface area contributed by atoms with Gasteiger partial charge in [0.15, 0.2) is 10.9 Å². The van der Waals surface area contributed by atoms with Crippen LogP contribution in [0.15, 0.2) is 65.3 Å². The number of hydrogen-bond acceptors (Lipinski definition) is 5. The molecule has 1 aliphatic heterocycles. The molecule has 0 bridgehead atoms. The standard InChI is InChI=1S/C23H20Cl2N4O3S/c24-16-5-3-15(4-6-16)21(30)27-23(33)26-17-7-8-19(18(25)14-17)28-9-11-29(12-10-28)22(31)20-2-1-13-32-20/h1-8,13-14H,9-12H2,(H2,26,27,30,33). The molecule has 0 saturated carbocycles. The summed E-state index contributed by atoms with van der Waals surface area (Å²) >= 11 is 17.6. The van der Waals surface area contributed by atoms with Crippen LogP contribution in [0.4, 0.5) is 11.4 Å². The summed E-state index contributed by atoms with van der Waals surface area (Å²) in [5, 5.41) is 6.84. The summed E-state index contributed by atoms with van der Waals surface area (Å²) in [7, 11) is 0. The molecule has 0 atom stereocenters. The molecule has 2 amide bonds. The fraction of sp³-hybridized carbons (Fsp3) is 0.174. The lowest BCUT2D eigenvalue weighted by atomic mass is 10.2. The van der Waals surface area contributed by atoms with Crippen molar-refractivity contribution in [3.05, 3.63) is 82.2 Å². The Morgan fingerprint density at radius 3 is 2.33 bits per heavy atom. The Hall–Kier alpha value is -3.07. The van der Waals surface area contributed by atoms with E-state index in [0.717, 1.165) is 5.69 Å². The number of thiocarbonyl (C=S) groups is 1. The van der Waals surface area contributed by atoms with Crippen molar-refractivity contribution in [3.63, 3.8) is 0 Å². The minimum Gasteiger partial charge on any atom is -0.459 e. The predicted octanol–water partition coefficient (Wildman–Crippen LogP) is 4.68. The summed E-state index contributed by atoms with van der Waals surface area (Å²) in [6.45, 7) is 2.43. The summed E-state index contributed by atoms with van der Waals surface area (Å²) in [5.74, 6) is -0.107. The molecule has 1 saturated heterocycles. The number of carbonyl (C=O) groups is 2. The Labute approximate surface area is 206 Å². The molecule has 33 heavy (non-hydrogen) atoms. The monoisotopic (exact) mass is 502 g/mol. The van der Waals surface area contributed by atoms with Crippen LogP contribution in [-0.4, -0.2) is 48.0 Å². The number of nitrogens with one attached hydrogen (secondary N) is 2. The molecule has 2 aromatic carbocycles. The predicted molar refractivity (Wildman–Crippen MR) is 133 cm³/mol. The third-order valence-electron chi connectivity index (χ3n) is 5.18. The number of furan rings is 1. The Morgan fingerprint density at radius 1 is 0.970 bits per heavy atom. The third-order valence-corrected chi connectivity index (χ3v) is 5.94. The zero-order valence-electron chi connectivity index (χ0n) is 17.4. The first-order valence-corrected chi connectivity index (χ1v) is 11.3. The maximum absolute atomic E-state index is 12.4. The molecule has 7 nitrogen and oxygen atoms in total. The number of halogens is 2. The Kier molecular flexibility index (Phi) is 7.17. The molecule has 2 N–H and O–H groups in total. The maximum Gasteiger partial charge on any atom is 0.289 e. The molecule has 1 aliphatic rings. The first-order chi connectivity index (χ1) is 15.9. The van der Waals surface area contributed by atoms with E-state index in [0.29, 0.717) is 53.2 Å². The lowest BCUT2D eigenvalue weighted by Gasteiger charge is -2.36. The lowest BCUT2D eigenvalue weighted by Crippen LogP contribution is -2.48. The van der Waals surface area contributed by atoms with Crippen LogP contribution >= 0.6 is 35.4 Å². The number of benzene rings is 2. The minimum absolute atomic E-state index is 0.112. The van der Waals surface area contributed by atoms with E-state index in [1.54, 1.807) is 47.4 Å². The largest absolute Gasteiger partial charge is 0.459 e. The van der Waals surface area contributed by atoms with Gasteiger partial charge in [0.25, 0.3) is 11.8 Å². The molecule has 0 aliphatic carbocycles. The minimum atomic E-state index is -0.339. The molecule has 1 aromatic heterocycles. The zero-order chi connectivity index (χ0) is 23.4.